The number of hydrogen-bond donors (Lipinski definition) is 1. The lowest BCUT2D eigenvalue weighted by Gasteiger charge is -2.24. The number of benzene rings is 1. The molecule has 0 aliphatic rings. The van der Waals surface area contributed by atoms with E-state index in [1.165, 1.54) is 11.1 Å². The maximum absolute atomic E-state index is 5.42. The smallest absolute Gasteiger partial charge is 0.122 e. The maximum Gasteiger partial charge on any atom is 0.122 e. The van der Waals surface area contributed by atoms with Crippen molar-refractivity contribution in [1.29, 1.82) is 0 Å². The zero-order valence-electron chi connectivity index (χ0n) is 12.6. The van der Waals surface area contributed by atoms with Gasteiger partial charge in [0.25, 0.3) is 0 Å². The van der Waals surface area contributed by atoms with Crippen molar-refractivity contribution in [3.63, 3.8) is 0 Å². The average Bonchev–Trinajstić information content (AvgIpc) is 2.36. The highest BCUT2D eigenvalue weighted by Crippen LogP contribution is 2.28. The number of rotatable bonds is 6. The molecule has 0 fully saturated rings. The third-order valence-electron chi connectivity index (χ3n) is 3.63. The van der Waals surface area contributed by atoms with Crippen LogP contribution in [0.25, 0.3) is 0 Å². The van der Waals surface area contributed by atoms with Crippen molar-refractivity contribution in [2.24, 2.45) is 0 Å². The fraction of sp³-hybridized carbons (Fsp3) is 0.625. The lowest BCUT2D eigenvalue weighted by molar-refractivity contribution is 0.392. The van der Waals surface area contributed by atoms with E-state index in [2.05, 4.69) is 51.2 Å². The summed E-state index contributed by atoms with van der Waals surface area (Å²) in [5.41, 5.74) is 2.89. The molecule has 1 rings (SSSR count). The zero-order chi connectivity index (χ0) is 13.8. The van der Waals surface area contributed by atoms with Crippen molar-refractivity contribution in [1.82, 2.24) is 5.32 Å². The third kappa shape index (κ3) is 4.02. The average molecular weight is 249 g/mol. The van der Waals surface area contributed by atoms with Crippen LogP contribution in [0, 0.1) is 0 Å². The molecule has 0 spiro atoms. The minimum absolute atomic E-state index is 0.192. The van der Waals surface area contributed by atoms with E-state index in [4.69, 9.17) is 4.74 Å². The van der Waals surface area contributed by atoms with Gasteiger partial charge in [-0.3, -0.25) is 0 Å². The van der Waals surface area contributed by atoms with E-state index in [1.54, 1.807) is 7.11 Å². The van der Waals surface area contributed by atoms with Gasteiger partial charge >= 0.3 is 0 Å². The minimum Gasteiger partial charge on any atom is -0.496 e. The van der Waals surface area contributed by atoms with Gasteiger partial charge in [0.1, 0.15) is 5.75 Å². The molecule has 18 heavy (non-hydrogen) atoms. The first-order valence-electron chi connectivity index (χ1n) is 6.75. The van der Waals surface area contributed by atoms with E-state index >= 15 is 0 Å². The highest BCUT2D eigenvalue weighted by atomic mass is 16.5. The van der Waals surface area contributed by atoms with Gasteiger partial charge in [-0.1, -0.05) is 26.0 Å². The molecule has 0 bridgehead atoms. The van der Waals surface area contributed by atoms with Crippen LogP contribution >= 0.6 is 0 Å². The molecule has 0 amide bonds. The molecule has 0 heterocycles. The Morgan fingerprint density at radius 1 is 1.28 bits per heavy atom. The molecule has 1 aromatic rings. The number of nitrogens with one attached hydrogen (secondary N) is 1. The standard InChI is InChI=1S/C16H27NO/c1-12(2)14-11-13(7-8-15(14)18-6)9-10-16(3,4)17-5/h7-8,11-12,17H,9-10H2,1-6H3. The van der Waals surface area contributed by atoms with Crippen LogP contribution in [0.4, 0.5) is 0 Å². The van der Waals surface area contributed by atoms with Gasteiger partial charge in [-0.25, -0.2) is 0 Å². The molecular weight excluding hydrogens is 222 g/mol. The molecule has 1 aromatic carbocycles. The van der Waals surface area contributed by atoms with E-state index < -0.39 is 0 Å². The monoisotopic (exact) mass is 249 g/mol. The lowest BCUT2D eigenvalue weighted by atomic mass is 9.93. The predicted octanol–water partition coefficient (Wildman–Crippen LogP) is 3.75. The summed E-state index contributed by atoms with van der Waals surface area (Å²) in [5.74, 6) is 1.50. The number of methoxy groups -OCH3 is 1. The van der Waals surface area contributed by atoms with E-state index in [0.717, 1.165) is 18.6 Å². The first kappa shape index (κ1) is 15.0. The summed E-state index contributed by atoms with van der Waals surface area (Å²) < 4.78 is 5.42. The van der Waals surface area contributed by atoms with Crippen molar-refractivity contribution < 1.29 is 4.74 Å². The molecule has 2 heteroatoms. The van der Waals surface area contributed by atoms with Crippen LogP contribution < -0.4 is 10.1 Å². The van der Waals surface area contributed by atoms with Gasteiger partial charge in [-0.15, -0.1) is 0 Å². The summed E-state index contributed by atoms with van der Waals surface area (Å²) in [6.45, 7) is 8.89. The van der Waals surface area contributed by atoms with E-state index in [-0.39, 0.29) is 5.54 Å². The molecule has 0 aromatic heterocycles. The summed E-state index contributed by atoms with van der Waals surface area (Å²) in [6, 6.07) is 6.56. The van der Waals surface area contributed by atoms with Crippen LogP contribution in [0.3, 0.4) is 0 Å². The fourth-order valence-corrected chi connectivity index (χ4v) is 1.97. The Hall–Kier alpha value is -1.02. The molecule has 2 nitrogen and oxygen atoms in total. The van der Waals surface area contributed by atoms with E-state index in [9.17, 15) is 0 Å². The second-order valence-corrected chi connectivity index (χ2v) is 5.86. The second-order valence-electron chi connectivity index (χ2n) is 5.86. The van der Waals surface area contributed by atoms with Crippen molar-refractivity contribution >= 4 is 0 Å². The van der Waals surface area contributed by atoms with Crippen LogP contribution in [0.1, 0.15) is 51.2 Å². The quantitative estimate of drug-likeness (QED) is 0.829. The Labute approximate surface area is 112 Å². The SMILES string of the molecule is CNC(C)(C)CCc1ccc(OC)c(C(C)C)c1. The second kappa shape index (κ2) is 6.24. The summed E-state index contributed by atoms with van der Waals surface area (Å²) in [7, 11) is 3.76. The van der Waals surface area contributed by atoms with Gasteiger partial charge in [0.2, 0.25) is 0 Å². The summed E-state index contributed by atoms with van der Waals surface area (Å²) in [6.07, 6.45) is 2.23. The van der Waals surface area contributed by atoms with Crippen LogP contribution in [0.15, 0.2) is 18.2 Å². The molecule has 0 saturated heterocycles. The van der Waals surface area contributed by atoms with Gasteiger partial charge in [0.05, 0.1) is 7.11 Å². The van der Waals surface area contributed by atoms with Crippen molar-refractivity contribution in [2.45, 2.75) is 52.0 Å². The van der Waals surface area contributed by atoms with Crippen molar-refractivity contribution in [3.8, 4) is 5.75 Å². The largest absolute Gasteiger partial charge is 0.496 e. The normalized spacial score (nSPS) is 11.9. The molecule has 102 valence electrons. The van der Waals surface area contributed by atoms with Gasteiger partial charge in [0.15, 0.2) is 0 Å². The summed E-state index contributed by atoms with van der Waals surface area (Å²) >= 11 is 0. The fourth-order valence-electron chi connectivity index (χ4n) is 1.97. The first-order chi connectivity index (χ1) is 8.39. The Balaban J connectivity index is 2.82. The summed E-state index contributed by atoms with van der Waals surface area (Å²) in [5, 5.41) is 3.35. The van der Waals surface area contributed by atoms with Gasteiger partial charge in [-0.2, -0.15) is 0 Å². The molecule has 0 radical (unpaired) electrons. The molecular formula is C16H27NO. The molecule has 1 N–H and O–H groups in total. The molecule has 0 aliphatic carbocycles. The van der Waals surface area contributed by atoms with E-state index in [1.807, 2.05) is 7.05 Å². The zero-order valence-corrected chi connectivity index (χ0v) is 12.6. The molecule has 0 saturated carbocycles. The van der Waals surface area contributed by atoms with Crippen molar-refractivity contribution in [3.05, 3.63) is 29.3 Å². The predicted molar refractivity (Wildman–Crippen MR) is 78.5 cm³/mol. The van der Waals surface area contributed by atoms with Gasteiger partial charge in [-0.05, 0) is 56.8 Å². The summed E-state index contributed by atoms with van der Waals surface area (Å²) in [4.78, 5) is 0. The molecule has 0 atom stereocenters. The van der Waals surface area contributed by atoms with Gasteiger partial charge < -0.3 is 10.1 Å². The van der Waals surface area contributed by atoms with Crippen LogP contribution in [0.5, 0.6) is 5.75 Å². The Kier molecular flexibility index (Phi) is 5.21. The van der Waals surface area contributed by atoms with Crippen molar-refractivity contribution in [2.75, 3.05) is 14.2 Å². The Morgan fingerprint density at radius 2 is 1.94 bits per heavy atom. The Morgan fingerprint density at radius 3 is 2.44 bits per heavy atom. The molecule has 0 aliphatic heterocycles. The number of hydrogen-bond acceptors (Lipinski definition) is 2. The third-order valence-corrected chi connectivity index (χ3v) is 3.63. The minimum atomic E-state index is 0.192. The number of ether oxygens (including phenoxy) is 1. The van der Waals surface area contributed by atoms with Crippen LogP contribution in [-0.2, 0) is 6.42 Å². The Bertz CT molecular complexity index is 383. The van der Waals surface area contributed by atoms with Gasteiger partial charge in [0, 0.05) is 5.54 Å². The molecule has 0 unspecified atom stereocenters. The van der Waals surface area contributed by atoms with E-state index in [0.29, 0.717) is 5.92 Å². The maximum atomic E-state index is 5.42. The number of aryl methyl sites for hydroxylation is 1. The lowest BCUT2D eigenvalue weighted by Crippen LogP contribution is -2.36. The highest BCUT2D eigenvalue weighted by Gasteiger charge is 2.15. The van der Waals surface area contributed by atoms with Crippen LogP contribution in [-0.4, -0.2) is 19.7 Å². The topological polar surface area (TPSA) is 21.3 Å². The highest BCUT2D eigenvalue weighted by molar-refractivity contribution is 5.39. The first-order valence-corrected chi connectivity index (χ1v) is 6.75. The van der Waals surface area contributed by atoms with Crippen LogP contribution in [0.2, 0.25) is 0 Å².